The maximum atomic E-state index is 13.8. The van der Waals surface area contributed by atoms with Gasteiger partial charge in [0.25, 0.3) is 0 Å². The van der Waals surface area contributed by atoms with Gasteiger partial charge in [-0.1, -0.05) is 36.4 Å². The van der Waals surface area contributed by atoms with E-state index in [4.69, 9.17) is 5.73 Å². The molecule has 2 aromatic carbocycles. The minimum atomic E-state index is -0.883. The number of halogens is 2. The van der Waals surface area contributed by atoms with Crippen molar-refractivity contribution in [3.8, 4) is 0 Å². The minimum absolute atomic E-state index is 0.253. The fourth-order valence-corrected chi connectivity index (χ4v) is 1.95. The van der Waals surface area contributed by atoms with E-state index in [0.717, 1.165) is 11.6 Å². The normalized spacial score (nSPS) is 12.0. The van der Waals surface area contributed by atoms with Gasteiger partial charge in [0, 0.05) is 0 Å². The second kappa shape index (κ2) is 6.45. The number of anilines is 1. The second-order valence-electron chi connectivity index (χ2n) is 4.84. The Morgan fingerprint density at radius 3 is 2.52 bits per heavy atom. The molecule has 0 aliphatic heterocycles. The number of nitrogens with one attached hydrogen (secondary N) is 1. The first-order valence-corrected chi connectivity index (χ1v) is 6.54. The number of benzene rings is 2. The van der Waals surface area contributed by atoms with E-state index in [9.17, 15) is 13.6 Å². The van der Waals surface area contributed by atoms with Crippen LogP contribution >= 0.6 is 0 Å². The number of aryl methyl sites for hydroxylation is 1. The second-order valence-corrected chi connectivity index (χ2v) is 4.84. The van der Waals surface area contributed by atoms with Crippen molar-refractivity contribution in [1.29, 1.82) is 0 Å². The van der Waals surface area contributed by atoms with Gasteiger partial charge in [-0.25, -0.2) is 8.78 Å². The number of hydrogen-bond acceptors (Lipinski definition) is 2. The van der Waals surface area contributed by atoms with Crippen molar-refractivity contribution in [2.45, 2.75) is 19.4 Å². The third kappa shape index (κ3) is 3.64. The molecule has 1 atom stereocenters. The largest absolute Gasteiger partial charge is 0.320 e. The first-order chi connectivity index (χ1) is 9.99. The third-order valence-electron chi connectivity index (χ3n) is 3.17. The minimum Gasteiger partial charge on any atom is -0.320 e. The number of rotatable bonds is 4. The zero-order valence-corrected chi connectivity index (χ0v) is 11.6. The molecule has 0 aliphatic rings. The van der Waals surface area contributed by atoms with Crippen molar-refractivity contribution in [2.75, 3.05) is 5.32 Å². The molecule has 2 rings (SSSR count). The lowest BCUT2D eigenvalue weighted by Gasteiger charge is -2.14. The van der Waals surface area contributed by atoms with E-state index >= 15 is 0 Å². The molecular weight excluding hydrogens is 274 g/mol. The van der Waals surface area contributed by atoms with Gasteiger partial charge in [-0.2, -0.15) is 0 Å². The number of carbonyl (C=O) groups excluding carboxylic acids is 1. The molecule has 0 radical (unpaired) electrons. The molecule has 21 heavy (non-hydrogen) atoms. The van der Waals surface area contributed by atoms with Gasteiger partial charge in [-0.15, -0.1) is 0 Å². The first kappa shape index (κ1) is 15.1. The number of hydrogen-bond donors (Lipinski definition) is 2. The van der Waals surface area contributed by atoms with Crippen molar-refractivity contribution in [3.05, 3.63) is 65.2 Å². The molecular formula is C16H16F2N2O. The quantitative estimate of drug-likeness (QED) is 0.909. The Kier molecular flexibility index (Phi) is 4.65. The average Bonchev–Trinajstić information content (AvgIpc) is 2.48. The average molecular weight is 290 g/mol. The lowest BCUT2D eigenvalue weighted by atomic mass is 10.1. The van der Waals surface area contributed by atoms with E-state index in [2.05, 4.69) is 5.32 Å². The van der Waals surface area contributed by atoms with Gasteiger partial charge < -0.3 is 11.1 Å². The summed E-state index contributed by atoms with van der Waals surface area (Å²) in [5, 5.41) is 2.23. The van der Waals surface area contributed by atoms with Crippen LogP contribution in [0.5, 0.6) is 0 Å². The maximum Gasteiger partial charge on any atom is 0.241 e. The predicted octanol–water partition coefficient (Wildman–Crippen LogP) is 2.78. The Hall–Kier alpha value is -2.27. The van der Waals surface area contributed by atoms with Crippen molar-refractivity contribution >= 4 is 11.6 Å². The van der Waals surface area contributed by atoms with Gasteiger partial charge in [-0.05, 0) is 30.5 Å². The summed E-state index contributed by atoms with van der Waals surface area (Å²) >= 11 is 0. The summed E-state index contributed by atoms with van der Waals surface area (Å²) in [6.07, 6.45) is 0.293. The monoisotopic (exact) mass is 290 g/mol. The number of nitrogens with two attached hydrogens (primary N) is 1. The van der Waals surface area contributed by atoms with Crippen molar-refractivity contribution in [1.82, 2.24) is 0 Å². The number of carbonyl (C=O) groups is 1. The summed E-state index contributed by atoms with van der Waals surface area (Å²) in [5.41, 5.74) is 6.46. The summed E-state index contributed by atoms with van der Waals surface area (Å²) in [6, 6.07) is 10.7. The van der Waals surface area contributed by atoms with Gasteiger partial charge in [-0.3, -0.25) is 4.79 Å². The fraction of sp³-hybridized carbons (Fsp3) is 0.188. The van der Waals surface area contributed by atoms with Crippen LogP contribution in [0.2, 0.25) is 0 Å². The zero-order valence-electron chi connectivity index (χ0n) is 11.6. The molecule has 0 spiro atoms. The van der Waals surface area contributed by atoms with Crippen LogP contribution < -0.4 is 11.1 Å². The van der Waals surface area contributed by atoms with E-state index in [-0.39, 0.29) is 5.56 Å². The Labute approximate surface area is 121 Å². The van der Waals surface area contributed by atoms with Crippen LogP contribution in [0.25, 0.3) is 0 Å². The zero-order chi connectivity index (χ0) is 15.4. The highest BCUT2D eigenvalue weighted by Gasteiger charge is 2.19. The molecule has 0 bridgehead atoms. The molecule has 110 valence electrons. The van der Waals surface area contributed by atoms with Crippen LogP contribution in [0.4, 0.5) is 14.5 Å². The van der Waals surface area contributed by atoms with Gasteiger partial charge in [0.15, 0.2) is 5.82 Å². The van der Waals surface area contributed by atoms with Crippen LogP contribution in [-0.2, 0) is 11.2 Å². The molecule has 0 aliphatic carbocycles. The molecule has 0 saturated carbocycles. The van der Waals surface area contributed by atoms with Gasteiger partial charge in [0.2, 0.25) is 5.91 Å². The molecule has 0 heterocycles. The summed E-state index contributed by atoms with van der Waals surface area (Å²) < 4.78 is 27.4. The predicted molar refractivity (Wildman–Crippen MR) is 77.8 cm³/mol. The molecule has 3 nitrogen and oxygen atoms in total. The summed E-state index contributed by atoms with van der Waals surface area (Å²) in [4.78, 5) is 12.0. The molecule has 0 saturated heterocycles. The number of amides is 1. The van der Waals surface area contributed by atoms with Crippen LogP contribution in [0.1, 0.15) is 11.1 Å². The van der Waals surface area contributed by atoms with Crippen molar-refractivity contribution < 1.29 is 13.6 Å². The van der Waals surface area contributed by atoms with E-state index in [0.29, 0.717) is 6.42 Å². The van der Waals surface area contributed by atoms with Gasteiger partial charge in [0.1, 0.15) is 11.5 Å². The van der Waals surface area contributed by atoms with Crippen molar-refractivity contribution in [2.24, 2.45) is 5.73 Å². The highest BCUT2D eigenvalue weighted by Crippen LogP contribution is 2.21. The van der Waals surface area contributed by atoms with E-state index < -0.39 is 29.3 Å². The Morgan fingerprint density at radius 1 is 1.19 bits per heavy atom. The Bertz CT molecular complexity index is 644. The molecule has 0 aromatic heterocycles. The van der Waals surface area contributed by atoms with Crippen LogP contribution in [-0.4, -0.2) is 11.9 Å². The molecule has 0 fully saturated rings. The maximum absolute atomic E-state index is 13.8. The smallest absolute Gasteiger partial charge is 0.241 e. The standard InChI is InChI=1S/C16H16F2N2O/c1-10-7-8-12(17)15(14(10)18)20-16(21)13(19)9-11-5-3-2-4-6-11/h2-8,13H,9,19H2,1H3,(H,20,21). The van der Waals surface area contributed by atoms with Crippen molar-refractivity contribution in [3.63, 3.8) is 0 Å². The summed E-state index contributed by atoms with van der Waals surface area (Å²) in [6.45, 7) is 1.49. The molecule has 3 N–H and O–H groups in total. The lowest BCUT2D eigenvalue weighted by Crippen LogP contribution is -2.37. The van der Waals surface area contributed by atoms with Crippen LogP contribution in [0.3, 0.4) is 0 Å². The van der Waals surface area contributed by atoms with E-state index in [1.54, 1.807) is 0 Å². The molecule has 5 heteroatoms. The highest BCUT2D eigenvalue weighted by atomic mass is 19.1. The SMILES string of the molecule is Cc1ccc(F)c(NC(=O)C(N)Cc2ccccc2)c1F. The molecule has 1 unspecified atom stereocenters. The highest BCUT2D eigenvalue weighted by molar-refractivity contribution is 5.95. The summed E-state index contributed by atoms with van der Waals surface area (Å²) in [7, 11) is 0. The van der Waals surface area contributed by atoms with Gasteiger partial charge >= 0.3 is 0 Å². The van der Waals surface area contributed by atoms with E-state index in [1.807, 2.05) is 30.3 Å². The van der Waals surface area contributed by atoms with Crippen LogP contribution in [0, 0.1) is 18.6 Å². The summed E-state index contributed by atoms with van der Waals surface area (Å²) in [5.74, 6) is -2.23. The Balaban J connectivity index is 2.10. The lowest BCUT2D eigenvalue weighted by molar-refractivity contribution is -0.117. The van der Waals surface area contributed by atoms with E-state index in [1.165, 1.54) is 13.0 Å². The third-order valence-corrected chi connectivity index (χ3v) is 3.17. The van der Waals surface area contributed by atoms with Crippen LogP contribution in [0.15, 0.2) is 42.5 Å². The molecule has 1 amide bonds. The Morgan fingerprint density at radius 2 is 1.86 bits per heavy atom. The first-order valence-electron chi connectivity index (χ1n) is 6.54. The van der Waals surface area contributed by atoms with Gasteiger partial charge in [0.05, 0.1) is 6.04 Å². The molecule has 2 aromatic rings. The fourth-order valence-electron chi connectivity index (χ4n) is 1.95. The topological polar surface area (TPSA) is 55.1 Å².